The second-order valence-corrected chi connectivity index (χ2v) is 8.87. The first-order valence-electron chi connectivity index (χ1n) is 9.22. The molecule has 28 heavy (non-hydrogen) atoms. The molecule has 4 rings (SSSR count). The summed E-state index contributed by atoms with van der Waals surface area (Å²) in [7, 11) is -3.70. The van der Waals surface area contributed by atoms with Crippen LogP contribution in [0, 0.1) is 0 Å². The molecular weight excluding hydrogens is 376 g/mol. The number of ether oxygens (including phenoxy) is 1. The first-order valence-corrected chi connectivity index (χ1v) is 10.7. The van der Waals surface area contributed by atoms with Gasteiger partial charge in [0.2, 0.25) is 0 Å². The molecule has 0 unspecified atom stereocenters. The molecule has 2 aromatic carbocycles. The van der Waals surface area contributed by atoms with Gasteiger partial charge in [-0.25, -0.2) is 5.14 Å². The summed E-state index contributed by atoms with van der Waals surface area (Å²) in [4.78, 5) is 12.8. The minimum atomic E-state index is -3.70. The fraction of sp³-hybridized carbons (Fsp3) is 0.286. The van der Waals surface area contributed by atoms with E-state index in [0.29, 0.717) is 24.2 Å². The minimum Gasteiger partial charge on any atom is -0.486 e. The number of Topliss-reactive ketones (excluding diaryl/α,β-unsaturated/α-hetero) is 1. The second kappa shape index (κ2) is 7.16. The Hall–Kier alpha value is -2.48. The van der Waals surface area contributed by atoms with E-state index in [1.165, 1.54) is 4.31 Å². The van der Waals surface area contributed by atoms with E-state index < -0.39 is 15.8 Å². The zero-order valence-electron chi connectivity index (χ0n) is 15.4. The third-order valence-electron chi connectivity index (χ3n) is 5.37. The average molecular weight is 398 g/mol. The Morgan fingerprint density at radius 3 is 2.36 bits per heavy atom. The lowest BCUT2D eigenvalue weighted by atomic mass is 9.82. The Balaban J connectivity index is 1.52. The van der Waals surface area contributed by atoms with Crippen molar-refractivity contribution in [2.45, 2.75) is 24.9 Å². The summed E-state index contributed by atoms with van der Waals surface area (Å²) in [5.74, 6) is 0.595. The van der Waals surface area contributed by atoms with E-state index in [0.717, 1.165) is 11.1 Å². The van der Waals surface area contributed by atoms with Gasteiger partial charge in [-0.3, -0.25) is 4.79 Å². The van der Waals surface area contributed by atoms with Crippen LogP contribution in [-0.2, 0) is 10.2 Å². The monoisotopic (exact) mass is 398 g/mol. The Bertz CT molecular complexity index is 1020. The number of fused-ring (bicyclic) bond motifs is 1. The molecule has 0 atom stereocenters. The number of piperidine rings is 1. The van der Waals surface area contributed by atoms with Gasteiger partial charge in [0.25, 0.3) is 10.2 Å². The second-order valence-electron chi connectivity index (χ2n) is 7.33. The summed E-state index contributed by atoms with van der Waals surface area (Å²) >= 11 is 0. The van der Waals surface area contributed by atoms with Gasteiger partial charge in [0.1, 0.15) is 11.4 Å². The normalized spacial score (nSPS) is 19.5. The summed E-state index contributed by atoms with van der Waals surface area (Å²) in [6.45, 7) is 0.526. The van der Waals surface area contributed by atoms with Crippen molar-refractivity contribution >= 4 is 28.1 Å². The fourth-order valence-corrected chi connectivity index (χ4v) is 4.49. The van der Waals surface area contributed by atoms with E-state index in [-0.39, 0.29) is 25.3 Å². The molecule has 2 N–H and O–H groups in total. The maximum absolute atomic E-state index is 12.8. The quantitative estimate of drug-likeness (QED) is 0.805. The molecule has 7 heteroatoms. The number of nitrogens with two attached hydrogens (primary N) is 1. The third-order valence-corrected chi connectivity index (χ3v) is 6.46. The van der Waals surface area contributed by atoms with Crippen LogP contribution in [0.15, 0.2) is 48.5 Å². The molecule has 146 valence electrons. The van der Waals surface area contributed by atoms with Crippen LogP contribution < -0.4 is 9.88 Å². The van der Waals surface area contributed by atoms with Crippen molar-refractivity contribution in [3.63, 3.8) is 0 Å². The van der Waals surface area contributed by atoms with Crippen molar-refractivity contribution in [3.05, 3.63) is 65.2 Å². The maximum Gasteiger partial charge on any atom is 0.276 e. The summed E-state index contributed by atoms with van der Waals surface area (Å²) in [6.07, 6.45) is 5.12. The van der Waals surface area contributed by atoms with Crippen molar-refractivity contribution in [2.24, 2.45) is 5.14 Å². The number of carbonyl (C=O) groups is 1. The van der Waals surface area contributed by atoms with E-state index in [2.05, 4.69) is 0 Å². The van der Waals surface area contributed by atoms with Crippen LogP contribution in [0.1, 0.15) is 40.7 Å². The standard InChI is InChI=1S/C21H22N2O4S/c22-28(25,26)23-12-10-21(11-13-23)15-19(24)18-14-17(8-9-20(18)27-21)7-6-16-4-2-1-3-5-16/h1-9,14H,10-13,15H2,(H2,22,25,26). The van der Waals surface area contributed by atoms with E-state index >= 15 is 0 Å². The van der Waals surface area contributed by atoms with Crippen molar-refractivity contribution in [3.8, 4) is 5.75 Å². The Morgan fingerprint density at radius 2 is 1.68 bits per heavy atom. The van der Waals surface area contributed by atoms with Gasteiger partial charge in [-0.2, -0.15) is 12.7 Å². The zero-order valence-corrected chi connectivity index (χ0v) is 16.2. The third kappa shape index (κ3) is 3.87. The Morgan fingerprint density at radius 1 is 1.00 bits per heavy atom. The Kier molecular flexibility index (Phi) is 4.82. The average Bonchev–Trinajstić information content (AvgIpc) is 2.67. The number of hydrogen-bond acceptors (Lipinski definition) is 4. The summed E-state index contributed by atoms with van der Waals surface area (Å²) in [5.41, 5.74) is 1.95. The van der Waals surface area contributed by atoms with E-state index in [4.69, 9.17) is 9.88 Å². The van der Waals surface area contributed by atoms with Crippen molar-refractivity contribution in [2.75, 3.05) is 13.1 Å². The summed E-state index contributed by atoms with van der Waals surface area (Å²) in [6, 6.07) is 15.5. The SMILES string of the molecule is NS(=O)(=O)N1CCC2(CC1)CC(=O)c1cc(C=Cc3ccccc3)ccc1O2. The molecule has 0 radical (unpaired) electrons. The largest absolute Gasteiger partial charge is 0.486 e. The van der Waals surface area contributed by atoms with Gasteiger partial charge in [-0.05, 0) is 23.3 Å². The van der Waals surface area contributed by atoms with Gasteiger partial charge in [-0.15, -0.1) is 0 Å². The van der Waals surface area contributed by atoms with Crippen molar-refractivity contribution in [1.29, 1.82) is 0 Å². The van der Waals surface area contributed by atoms with Gasteiger partial charge in [0, 0.05) is 25.9 Å². The lowest BCUT2D eigenvalue weighted by Crippen LogP contribution is -2.53. The summed E-state index contributed by atoms with van der Waals surface area (Å²) in [5, 5.41) is 5.20. The molecule has 0 saturated carbocycles. The molecule has 1 spiro atoms. The van der Waals surface area contributed by atoms with Gasteiger partial charge in [0.05, 0.1) is 12.0 Å². The van der Waals surface area contributed by atoms with Gasteiger partial charge >= 0.3 is 0 Å². The van der Waals surface area contributed by atoms with E-state index in [1.807, 2.05) is 60.7 Å². The number of carbonyl (C=O) groups excluding carboxylic acids is 1. The molecule has 2 aromatic rings. The predicted molar refractivity (Wildman–Crippen MR) is 108 cm³/mol. The first kappa shape index (κ1) is 18.9. The number of rotatable bonds is 3. The lowest BCUT2D eigenvalue weighted by molar-refractivity contribution is 0.00592. The van der Waals surface area contributed by atoms with Crippen LogP contribution in [0.3, 0.4) is 0 Å². The number of hydrogen-bond donors (Lipinski definition) is 1. The molecule has 0 bridgehead atoms. The first-order chi connectivity index (χ1) is 13.3. The van der Waals surface area contributed by atoms with Crippen LogP contribution in [-0.4, -0.2) is 37.2 Å². The van der Waals surface area contributed by atoms with Crippen LogP contribution >= 0.6 is 0 Å². The van der Waals surface area contributed by atoms with Crippen molar-refractivity contribution < 1.29 is 17.9 Å². The molecule has 2 aliphatic rings. The topological polar surface area (TPSA) is 89.7 Å². The van der Waals surface area contributed by atoms with Gasteiger partial charge < -0.3 is 4.74 Å². The lowest BCUT2D eigenvalue weighted by Gasteiger charge is -2.43. The smallest absolute Gasteiger partial charge is 0.276 e. The summed E-state index contributed by atoms with van der Waals surface area (Å²) < 4.78 is 30.5. The van der Waals surface area contributed by atoms with Crippen molar-refractivity contribution in [1.82, 2.24) is 4.31 Å². The molecule has 0 aromatic heterocycles. The highest BCUT2D eigenvalue weighted by Gasteiger charge is 2.44. The Labute approximate surface area is 164 Å². The highest BCUT2D eigenvalue weighted by Crippen LogP contribution is 2.40. The predicted octanol–water partition coefficient (Wildman–Crippen LogP) is 2.86. The molecule has 1 fully saturated rings. The number of nitrogens with zero attached hydrogens (tertiary/aromatic N) is 1. The molecule has 2 heterocycles. The molecule has 6 nitrogen and oxygen atoms in total. The minimum absolute atomic E-state index is 0.0280. The molecule has 0 aliphatic carbocycles. The van der Waals surface area contributed by atoms with E-state index in [1.54, 1.807) is 0 Å². The van der Waals surface area contributed by atoms with Gasteiger partial charge in [0.15, 0.2) is 5.78 Å². The number of ketones is 1. The molecule has 2 aliphatic heterocycles. The van der Waals surface area contributed by atoms with Crippen LogP contribution in [0.5, 0.6) is 5.75 Å². The number of benzene rings is 2. The molecular formula is C21H22N2O4S. The molecule has 0 amide bonds. The van der Waals surface area contributed by atoms with E-state index in [9.17, 15) is 13.2 Å². The zero-order chi connectivity index (χ0) is 19.8. The molecule has 1 saturated heterocycles. The van der Waals surface area contributed by atoms with Gasteiger partial charge in [-0.1, -0.05) is 48.6 Å². The van der Waals surface area contributed by atoms with Crippen LogP contribution in [0.2, 0.25) is 0 Å². The maximum atomic E-state index is 12.8. The highest BCUT2D eigenvalue weighted by molar-refractivity contribution is 7.86. The van der Waals surface area contributed by atoms with Crippen LogP contribution in [0.25, 0.3) is 12.2 Å². The fourth-order valence-electron chi connectivity index (χ4n) is 3.80. The van der Waals surface area contributed by atoms with Crippen LogP contribution in [0.4, 0.5) is 0 Å². The highest BCUT2D eigenvalue weighted by atomic mass is 32.2.